The first-order valence-corrected chi connectivity index (χ1v) is 12.6. The van der Waals surface area contributed by atoms with E-state index in [2.05, 4.69) is 27.6 Å². The molecule has 2 aliphatic rings. The fourth-order valence-electron chi connectivity index (χ4n) is 6.10. The molecule has 1 aliphatic heterocycles. The van der Waals surface area contributed by atoms with Gasteiger partial charge in [-0.05, 0) is 61.4 Å². The van der Waals surface area contributed by atoms with Gasteiger partial charge in [-0.15, -0.1) is 0 Å². The first-order valence-electron chi connectivity index (χ1n) is 12.6. The van der Waals surface area contributed by atoms with E-state index in [0.717, 1.165) is 60.2 Å². The average molecular weight is 496 g/mol. The molecule has 1 amide bonds. The molecule has 37 heavy (non-hydrogen) atoms. The zero-order chi connectivity index (χ0) is 25.6. The van der Waals surface area contributed by atoms with Crippen molar-refractivity contribution in [2.45, 2.75) is 51.3 Å². The number of aromatic nitrogens is 5. The minimum absolute atomic E-state index is 0.0662. The molecule has 1 aliphatic carbocycles. The molecular formula is C28H29N7O2. The number of aryl methyl sites for hydroxylation is 1. The van der Waals surface area contributed by atoms with Crippen LogP contribution in [0.25, 0.3) is 22.3 Å². The van der Waals surface area contributed by atoms with Gasteiger partial charge in [-0.25, -0.2) is 9.78 Å². The van der Waals surface area contributed by atoms with Gasteiger partial charge in [0.1, 0.15) is 5.60 Å². The monoisotopic (exact) mass is 495 g/mol. The fourth-order valence-corrected chi connectivity index (χ4v) is 6.10. The molecule has 0 bridgehead atoms. The second-order valence-electron chi connectivity index (χ2n) is 10.9. The molecule has 9 heteroatoms. The highest BCUT2D eigenvalue weighted by molar-refractivity contribution is 5.77. The Kier molecular flexibility index (Phi) is 5.48. The standard InChI is InChI=1S/C28H29N7O2/c1-27(17-35-19-30-24-8-7-20(12-29)11-25(24)35)9-4-10-28(16-27)18-34(26(36)37-28)15-22-5-3-6-23(32-22)21-13-31-33(2)14-21/h3,5-8,11,13-14,19H,4,9-10,15-18H2,1-2H3/t27?,28-/m0/s1. The molecule has 2 atom stereocenters. The van der Waals surface area contributed by atoms with E-state index in [1.165, 1.54) is 0 Å². The number of amides is 1. The van der Waals surface area contributed by atoms with E-state index in [1.807, 2.05) is 49.9 Å². The van der Waals surface area contributed by atoms with Crippen LogP contribution < -0.4 is 0 Å². The molecule has 0 radical (unpaired) electrons. The molecule has 9 nitrogen and oxygen atoms in total. The lowest BCUT2D eigenvalue weighted by atomic mass is 9.68. The van der Waals surface area contributed by atoms with Gasteiger partial charge < -0.3 is 9.30 Å². The largest absolute Gasteiger partial charge is 0.441 e. The Bertz CT molecular complexity index is 1530. The number of nitrogens with zero attached hydrogens (tertiary/aromatic N) is 7. The number of hydrogen-bond acceptors (Lipinski definition) is 6. The number of pyridine rings is 1. The zero-order valence-electron chi connectivity index (χ0n) is 21.1. The minimum atomic E-state index is -0.501. The Morgan fingerprint density at radius 2 is 2.11 bits per heavy atom. The SMILES string of the molecule is Cn1cc(-c2cccc(CN3C[C@@]4(CCCC(C)(Cn5cnc6ccc(C#N)cc65)C4)OC3=O)n2)cn1. The van der Waals surface area contributed by atoms with Crippen LogP contribution >= 0.6 is 0 Å². The van der Waals surface area contributed by atoms with Crippen molar-refractivity contribution in [2.75, 3.05) is 6.54 Å². The number of hydrogen-bond donors (Lipinski definition) is 0. The van der Waals surface area contributed by atoms with Crippen molar-refractivity contribution in [3.05, 3.63) is 66.4 Å². The second kappa shape index (κ2) is 8.73. The number of benzene rings is 1. The molecular weight excluding hydrogens is 466 g/mol. The van der Waals surface area contributed by atoms with Crippen molar-refractivity contribution < 1.29 is 9.53 Å². The summed E-state index contributed by atoms with van der Waals surface area (Å²) in [5, 5.41) is 13.6. The first kappa shape index (κ1) is 23.2. The highest BCUT2D eigenvalue weighted by atomic mass is 16.6. The van der Waals surface area contributed by atoms with Crippen LogP contribution in [-0.2, 0) is 24.9 Å². The molecule has 1 unspecified atom stereocenters. The number of rotatable bonds is 5. The Labute approximate surface area is 215 Å². The summed E-state index contributed by atoms with van der Waals surface area (Å²) in [7, 11) is 1.88. The van der Waals surface area contributed by atoms with E-state index in [0.29, 0.717) is 18.7 Å². The van der Waals surface area contributed by atoms with E-state index in [4.69, 9.17) is 9.72 Å². The summed E-state index contributed by atoms with van der Waals surface area (Å²) < 4.78 is 10.00. The number of nitriles is 1. The van der Waals surface area contributed by atoms with Crippen LogP contribution in [0.2, 0.25) is 0 Å². The third-order valence-corrected chi connectivity index (χ3v) is 7.67. The predicted molar refractivity (Wildman–Crippen MR) is 137 cm³/mol. The number of ether oxygens (including phenoxy) is 1. The first-order chi connectivity index (χ1) is 17.8. The van der Waals surface area contributed by atoms with Crippen molar-refractivity contribution in [1.29, 1.82) is 5.26 Å². The van der Waals surface area contributed by atoms with Crippen LogP contribution in [0.15, 0.2) is 55.1 Å². The Morgan fingerprint density at radius 3 is 2.92 bits per heavy atom. The summed E-state index contributed by atoms with van der Waals surface area (Å²) in [6.07, 6.45) is 8.97. The Hall–Kier alpha value is -4.19. The van der Waals surface area contributed by atoms with E-state index < -0.39 is 5.60 Å². The van der Waals surface area contributed by atoms with Gasteiger partial charge in [-0.1, -0.05) is 13.0 Å². The number of carbonyl (C=O) groups excluding carboxylic acids is 1. The van der Waals surface area contributed by atoms with Crippen LogP contribution in [0, 0.1) is 16.7 Å². The highest BCUT2D eigenvalue weighted by Crippen LogP contribution is 2.47. The Balaban J connectivity index is 1.19. The van der Waals surface area contributed by atoms with Crippen LogP contribution in [-0.4, -0.2) is 47.5 Å². The van der Waals surface area contributed by atoms with Gasteiger partial charge in [0.05, 0.1) is 59.7 Å². The van der Waals surface area contributed by atoms with Gasteiger partial charge in [0.25, 0.3) is 0 Å². The normalized spacial score (nSPS) is 23.5. The third kappa shape index (κ3) is 4.44. The molecule has 188 valence electrons. The summed E-state index contributed by atoms with van der Waals surface area (Å²) >= 11 is 0. The number of fused-ring (bicyclic) bond motifs is 1. The van der Waals surface area contributed by atoms with Crippen LogP contribution in [0.3, 0.4) is 0 Å². The zero-order valence-corrected chi connectivity index (χ0v) is 21.1. The maximum Gasteiger partial charge on any atom is 0.410 e. The molecule has 1 spiro atoms. The van der Waals surface area contributed by atoms with Gasteiger partial charge in [0.15, 0.2) is 0 Å². The smallest absolute Gasteiger partial charge is 0.410 e. The van der Waals surface area contributed by atoms with Crippen molar-refractivity contribution in [1.82, 2.24) is 29.2 Å². The average Bonchev–Trinajstić information content (AvgIpc) is 3.56. The summed E-state index contributed by atoms with van der Waals surface area (Å²) in [6.45, 7) is 3.99. The summed E-state index contributed by atoms with van der Waals surface area (Å²) in [4.78, 5) is 24.1. The molecule has 4 heterocycles. The van der Waals surface area contributed by atoms with Gasteiger partial charge >= 0.3 is 6.09 Å². The second-order valence-corrected chi connectivity index (χ2v) is 10.9. The molecule has 3 aromatic heterocycles. The molecule has 1 aromatic carbocycles. The quantitative estimate of drug-likeness (QED) is 0.399. The minimum Gasteiger partial charge on any atom is -0.441 e. The van der Waals surface area contributed by atoms with Crippen LogP contribution in [0.4, 0.5) is 4.79 Å². The predicted octanol–water partition coefficient (Wildman–Crippen LogP) is 4.67. The van der Waals surface area contributed by atoms with Crippen molar-refractivity contribution >= 4 is 17.1 Å². The number of carbonyl (C=O) groups is 1. The number of imidazole rings is 1. The lowest BCUT2D eigenvalue weighted by Gasteiger charge is -2.43. The molecule has 0 N–H and O–H groups in total. The molecule has 1 saturated carbocycles. The maximum atomic E-state index is 13.0. The summed E-state index contributed by atoms with van der Waals surface area (Å²) in [5.41, 5.74) is 4.51. The topological polar surface area (TPSA) is 102 Å². The van der Waals surface area contributed by atoms with Gasteiger partial charge in [0.2, 0.25) is 0 Å². The molecule has 4 aromatic rings. The highest BCUT2D eigenvalue weighted by Gasteiger charge is 2.51. The summed E-state index contributed by atoms with van der Waals surface area (Å²) in [6, 6.07) is 13.7. The van der Waals surface area contributed by atoms with Gasteiger partial charge in [-0.2, -0.15) is 10.4 Å². The van der Waals surface area contributed by atoms with Crippen LogP contribution in [0.1, 0.15) is 43.9 Å². The van der Waals surface area contributed by atoms with E-state index in [9.17, 15) is 10.1 Å². The van der Waals surface area contributed by atoms with E-state index >= 15 is 0 Å². The molecule has 1 saturated heterocycles. The van der Waals surface area contributed by atoms with Crippen molar-refractivity contribution in [2.24, 2.45) is 12.5 Å². The van der Waals surface area contributed by atoms with Crippen LogP contribution in [0.5, 0.6) is 0 Å². The fraction of sp³-hybridized carbons (Fsp3) is 0.393. The Morgan fingerprint density at radius 1 is 1.22 bits per heavy atom. The van der Waals surface area contributed by atoms with E-state index in [-0.39, 0.29) is 11.5 Å². The maximum absolute atomic E-state index is 13.0. The van der Waals surface area contributed by atoms with Crippen molar-refractivity contribution in [3.63, 3.8) is 0 Å². The lowest BCUT2D eigenvalue weighted by Crippen LogP contribution is -2.44. The lowest BCUT2D eigenvalue weighted by molar-refractivity contribution is -0.0270. The van der Waals surface area contributed by atoms with E-state index in [1.54, 1.807) is 21.8 Å². The molecule has 6 rings (SSSR count). The van der Waals surface area contributed by atoms with Gasteiger partial charge in [0, 0.05) is 25.4 Å². The third-order valence-electron chi connectivity index (χ3n) is 7.67. The van der Waals surface area contributed by atoms with Gasteiger partial charge in [-0.3, -0.25) is 14.6 Å². The van der Waals surface area contributed by atoms with Crippen molar-refractivity contribution in [3.8, 4) is 17.3 Å². The molecule has 2 fully saturated rings. The summed E-state index contributed by atoms with van der Waals surface area (Å²) in [5.74, 6) is 0.